The monoisotopic (exact) mass is 404 g/mol. The molecule has 4 heteroatoms. The molecule has 0 amide bonds. The lowest BCUT2D eigenvalue weighted by atomic mass is 9.80. The highest BCUT2D eigenvalue weighted by Crippen LogP contribution is 2.54. The van der Waals surface area contributed by atoms with E-state index in [1.54, 1.807) is 7.11 Å². The quantitative estimate of drug-likeness (QED) is 0.416. The number of methoxy groups -OCH3 is 1. The van der Waals surface area contributed by atoms with Gasteiger partial charge in [-0.15, -0.1) is 11.8 Å². The second-order valence-electron chi connectivity index (χ2n) is 7.43. The summed E-state index contributed by atoms with van der Waals surface area (Å²) in [5, 5.41) is 0.896. The topological polar surface area (TPSA) is 27.7 Å². The minimum absolute atomic E-state index is 0.0328. The minimum atomic E-state index is -0.701. The van der Waals surface area contributed by atoms with Gasteiger partial charge in [0.15, 0.2) is 6.29 Å². The molecule has 3 nitrogen and oxygen atoms in total. The Morgan fingerprint density at radius 2 is 1.24 bits per heavy atom. The summed E-state index contributed by atoms with van der Waals surface area (Å²) in [7, 11) is 1.71. The molecule has 2 aliphatic rings. The van der Waals surface area contributed by atoms with Crippen LogP contribution in [0.1, 0.15) is 16.7 Å². The third-order valence-corrected chi connectivity index (χ3v) is 7.17. The molecule has 4 atom stereocenters. The average Bonchev–Trinajstić information content (AvgIpc) is 3.52. The number of ether oxygens (including phenoxy) is 3. The molecule has 2 fully saturated rings. The predicted octanol–water partition coefficient (Wildman–Crippen LogP) is 4.85. The van der Waals surface area contributed by atoms with Gasteiger partial charge >= 0.3 is 0 Å². The summed E-state index contributed by atoms with van der Waals surface area (Å²) in [5.74, 6) is 0. The van der Waals surface area contributed by atoms with E-state index in [0.717, 1.165) is 16.7 Å². The van der Waals surface area contributed by atoms with Crippen LogP contribution in [0.2, 0.25) is 0 Å². The molecule has 3 aromatic carbocycles. The van der Waals surface area contributed by atoms with Gasteiger partial charge in [-0.1, -0.05) is 91.0 Å². The number of hydrogen-bond donors (Lipinski definition) is 0. The molecule has 29 heavy (non-hydrogen) atoms. The van der Waals surface area contributed by atoms with Crippen LogP contribution in [0.3, 0.4) is 0 Å². The highest BCUT2D eigenvalue weighted by Gasteiger charge is 2.58. The van der Waals surface area contributed by atoms with E-state index >= 15 is 0 Å². The van der Waals surface area contributed by atoms with Crippen LogP contribution in [0, 0.1) is 0 Å². The van der Waals surface area contributed by atoms with Crippen molar-refractivity contribution >= 4 is 11.8 Å². The molecule has 0 bridgehead atoms. The second kappa shape index (κ2) is 7.96. The van der Waals surface area contributed by atoms with Crippen molar-refractivity contribution in [2.45, 2.75) is 28.5 Å². The lowest BCUT2D eigenvalue weighted by Crippen LogP contribution is -2.37. The van der Waals surface area contributed by atoms with Gasteiger partial charge in [0.1, 0.15) is 5.60 Å². The van der Waals surface area contributed by atoms with Gasteiger partial charge in [0, 0.05) is 7.11 Å². The SMILES string of the molecule is CO[C@@H]1O[C@@H](COC(c2ccccc2)(c2ccccc2)c2ccccc2)[C@@H]2S[C@H]12. The zero-order valence-electron chi connectivity index (χ0n) is 16.3. The largest absolute Gasteiger partial charge is 0.358 e. The number of rotatable bonds is 7. The molecular weight excluding hydrogens is 380 g/mol. The molecule has 3 aromatic rings. The highest BCUT2D eigenvalue weighted by atomic mass is 32.2. The molecule has 0 saturated carbocycles. The van der Waals surface area contributed by atoms with Crippen molar-refractivity contribution in [3.63, 3.8) is 0 Å². The predicted molar refractivity (Wildman–Crippen MR) is 116 cm³/mol. The molecule has 5 rings (SSSR count). The third-order valence-electron chi connectivity index (χ3n) is 5.74. The average molecular weight is 405 g/mol. The Bertz CT molecular complexity index is 835. The maximum atomic E-state index is 6.87. The van der Waals surface area contributed by atoms with Crippen molar-refractivity contribution in [3.05, 3.63) is 108 Å². The molecule has 0 spiro atoms. The molecule has 0 N–H and O–H groups in total. The van der Waals surface area contributed by atoms with E-state index in [4.69, 9.17) is 14.2 Å². The van der Waals surface area contributed by atoms with Gasteiger partial charge in [0.2, 0.25) is 0 Å². The van der Waals surface area contributed by atoms with E-state index in [0.29, 0.717) is 17.1 Å². The van der Waals surface area contributed by atoms with E-state index in [-0.39, 0.29) is 12.4 Å². The summed E-state index contributed by atoms with van der Waals surface area (Å²) in [5.41, 5.74) is 2.63. The molecule has 0 aliphatic carbocycles. The zero-order valence-corrected chi connectivity index (χ0v) is 17.1. The van der Waals surface area contributed by atoms with Crippen molar-refractivity contribution in [2.24, 2.45) is 0 Å². The van der Waals surface area contributed by atoms with Crippen molar-refractivity contribution in [1.82, 2.24) is 0 Å². The first-order chi connectivity index (χ1) is 14.3. The lowest BCUT2D eigenvalue weighted by Gasteiger charge is -2.37. The Morgan fingerprint density at radius 1 is 0.759 bits per heavy atom. The molecule has 2 aliphatic heterocycles. The Hall–Kier alpha value is -2.11. The minimum Gasteiger partial charge on any atom is -0.358 e. The van der Waals surface area contributed by atoms with Crippen LogP contribution < -0.4 is 0 Å². The zero-order chi connectivity index (χ0) is 19.7. The van der Waals surface area contributed by atoms with Crippen molar-refractivity contribution < 1.29 is 14.2 Å². The summed E-state index contributed by atoms with van der Waals surface area (Å²) in [6, 6.07) is 31.4. The van der Waals surface area contributed by atoms with Crippen molar-refractivity contribution in [1.29, 1.82) is 0 Å². The summed E-state index contributed by atoms with van der Waals surface area (Å²) in [6.45, 7) is 0.507. The number of fused-ring (bicyclic) bond motifs is 1. The first kappa shape index (κ1) is 18.9. The number of thioether (sulfide) groups is 1. The van der Waals surface area contributed by atoms with E-state index in [9.17, 15) is 0 Å². The van der Waals surface area contributed by atoms with Gasteiger partial charge in [0.05, 0.1) is 23.2 Å². The van der Waals surface area contributed by atoms with Crippen LogP contribution in [-0.4, -0.2) is 36.6 Å². The van der Waals surface area contributed by atoms with Gasteiger partial charge in [-0.2, -0.15) is 0 Å². The standard InChI is InChI=1S/C25H24O3S/c1-26-24-23-22(29-23)21(28-24)17-27-25(18-11-5-2-6-12-18,19-13-7-3-8-14-19)20-15-9-4-10-16-20/h2-16,21-24H,17H2,1H3/t21-,22-,23-,24+/m0/s1. The molecule has 0 unspecified atom stereocenters. The molecular formula is C25H24O3S. The number of hydrogen-bond acceptors (Lipinski definition) is 4. The van der Waals surface area contributed by atoms with Crippen LogP contribution in [0.15, 0.2) is 91.0 Å². The van der Waals surface area contributed by atoms with Crippen molar-refractivity contribution in [2.75, 3.05) is 13.7 Å². The van der Waals surface area contributed by atoms with Gasteiger partial charge in [-0.3, -0.25) is 0 Å². The summed E-state index contributed by atoms with van der Waals surface area (Å²) in [4.78, 5) is 0. The van der Waals surface area contributed by atoms with Crippen molar-refractivity contribution in [3.8, 4) is 0 Å². The van der Waals surface area contributed by atoms with Gasteiger partial charge in [-0.05, 0) is 16.7 Å². The van der Waals surface area contributed by atoms with Crippen LogP contribution >= 0.6 is 11.8 Å². The second-order valence-corrected chi connectivity index (χ2v) is 8.80. The lowest BCUT2D eigenvalue weighted by molar-refractivity contribution is -0.138. The maximum Gasteiger partial charge on any atom is 0.170 e. The first-order valence-electron chi connectivity index (χ1n) is 9.97. The summed E-state index contributed by atoms with van der Waals surface area (Å²) < 4.78 is 18.5. The maximum absolute atomic E-state index is 6.87. The summed E-state index contributed by atoms with van der Waals surface area (Å²) in [6.07, 6.45) is -0.0939. The Morgan fingerprint density at radius 3 is 1.66 bits per heavy atom. The molecule has 0 aromatic heterocycles. The van der Waals surface area contributed by atoms with Crippen LogP contribution in [0.25, 0.3) is 0 Å². The number of benzene rings is 3. The fraction of sp³-hybridized carbons (Fsp3) is 0.280. The third kappa shape index (κ3) is 3.40. The smallest absolute Gasteiger partial charge is 0.170 e. The fourth-order valence-corrected chi connectivity index (χ4v) is 5.48. The van der Waals surface area contributed by atoms with Crippen LogP contribution in [0.5, 0.6) is 0 Å². The van der Waals surface area contributed by atoms with Gasteiger partial charge in [0.25, 0.3) is 0 Å². The Balaban J connectivity index is 1.57. The Kier molecular flexibility index (Phi) is 5.18. The molecule has 0 radical (unpaired) electrons. The summed E-state index contributed by atoms with van der Waals surface area (Å²) >= 11 is 1.93. The van der Waals surface area contributed by atoms with E-state index < -0.39 is 5.60 Å². The van der Waals surface area contributed by atoms with E-state index in [1.165, 1.54) is 0 Å². The molecule has 2 saturated heterocycles. The normalized spacial score (nSPS) is 25.6. The first-order valence-corrected chi connectivity index (χ1v) is 10.9. The van der Waals surface area contributed by atoms with Gasteiger partial charge in [-0.25, -0.2) is 0 Å². The molecule has 2 heterocycles. The van der Waals surface area contributed by atoms with Gasteiger partial charge < -0.3 is 14.2 Å². The van der Waals surface area contributed by atoms with E-state index in [1.807, 2.05) is 30.0 Å². The van der Waals surface area contributed by atoms with Crippen LogP contribution in [0.4, 0.5) is 0 Å². The fourth-order valence-electron chi connectivity index (χ4n) is 4.28. The highest BCUT2D eigenvalue weighted by molar-refractivity contribution is 8.07. The Labute approximate surface area is 176 Å². The molecule has 148 valence electrons. The van der Waals surface area contributed by atoms with Crippen LogP contribution in [-0.2, 0) is 19.8 Å². The van der Waals surface area contributed by atoms with E-state index in [2.05, 4.69) is 72.8 Å².